The molecule has 3 N–H and O–H groups in total. The first-order valence-electron chi connectivity index (χ1n) is 6.50. The molecule has 0 spiro atoms. The van der Waals surface area contributed by atoms with E-state index in [1.165, 1.54) is 25.6 Å². The van der Waals surface area contributed by atoms with Gasteiger partial charge in [-0.3, -0.25) is 14.7 Å². The Hall–Kier alpha value is -1.62. The molecule has 0 aliphatic carbocycles. The second-order valence-electron chi connectivity index (χ2n) is 5.08. The third-order valence-electron chi connectivity index (χ3n) is 4.02. The van der Waals surface area contributed by atoms with Crippen LogP contribution < -0.4 is 11.1 Å². The Bertz CT molecular complexity index is 462. The number of nitrogens with two attached hydrogens (primary N) is 1. The Labute approximate surface area is 106 Å². The van der Waals surface area contributed by atoms with Crippen molar-refractivity contribution in [1.82, 2.24) is 15.2 Å². The molecule has 3 rings (SSSR count). The monoisotopic (exact) mass is 246 g/mol. The van der Waals surface area contributed by atoms with Crippen molar-refractivity contribution in [2.24, 2.45) is 0 Å². The van der Waals surface area contributed by atoms with Crippen LogP contribution in [0.15, 0.2) is 18.5 Å². The van der Waals surface area contributed by atoms with Crippen LogP contribution in [-0.4, -0.2) is 41.0 Å². The van der Waals surface area contributed by atoms with Crippen molar-refractivity contribution in [1.29, 1.82) is 0 Å². The van der Waals surface area contributed by atoms with Crippen LogP contribution in [0.4, 0.5) is 5.69 Å². The lowest BCUT2D eigenvalue weighted by Crippen LogP contribution is -2.42. The molecule has 18 heavy (non-hydrogen) atoms. The predicted molar refractivity (Wildman–Crippen MR) is 69.1 cm³/mol. The number of amides is 1. The first-order chi connectivity index (χ1) is 8.75. The summed E-state index contributed by atoms with van der Waals surface area (Å²) >= 11 is 0. The Morgan fingerprint density at radius 1 is 1.44 bits per heavy atom. The molecular weight excluding hydrogens is 228 g/mol. The number of nitrogens with one attached hydrogen (secondary N) is 1. The van der Waals surface area contributed by atoms with E-state index in [4.69, 9.17) is 5.73 Å². The topological polar surface area (TPSA) is 71.2 Å². The van der Waals surface area contributed by atoms with Crippen molar-refractivity contribution < 1.29 is 4.79 Å². The summed E-state index contributed by atoms with van der Waals surface area (Å²) in [5.74, 6) is -0.0978. The van der Waals surface area contributed by atoms with Crippen LogP contribution in [0.5, 0.6) is 0 Å². The lowest BCUT2D eigenvalue weighted by molar-refractivity contribution is 0.0930. The number of hydrogen-bond acceptors (Lipinski definition) is 4. The molecule has 1 amide bonds. The lowest BCUT2D eigenvalue weighted by atomic mass is 10.1. The number of carbonyl (C=O) groups is 1. The third-order valence-corrected chi connectivity index (χ3v) is 4.02. The molecule has 1 aromatic heterocycles. The van der Waals surface area contributed by atoms with Crippen LogP contribution in [0.3, 0.4) is 0 Å². The molecule has 5 nitrogen and oxygen atoms in total. The fourth-order valence-electron chi connectivity index (χ4n) is 3.09. The van der Waals surface area contributed by atoms with E-state index in [1.54, 1.807) is 12.3 Å². The van der Waals surface area contributed by atoms with E-state index in [9.17, 15) is 4.79 Å². The number of hydrogen-bond donors (Lipinski definition) is 2. The molecule has 2 aliphatic rings. The van der Waals surface area contributed by atoms with Crippen LogP contribution in [0, 0.1) is 0 Å². The van der Waals surface area contributed by atoms with Crippen molar-refractivity contribution in [2.75, 3.05) is 18.8 Å². The standard InChI is InChI=1S/C13H18N4O/c14-10-3-5-15-8-9(10)13(18)16-11-4-7-17-6-1-2-12(11)17/h3,5,8,11-12H,1-2,4,6-7H2,(H2,14,15)(H,16,18). The maximum Gasteiger partial charge on any atom is 0.255 e. The van der Waals surface area contributed by atoms with Crippen LogP contribution in [0.25, 0.3) is 0 Å². The summed E-state index contributed by atoms with van der Waals surface area (Å²) in [4.78, 5) is 18.6. The normalized spacial score (nSPS) is 27.1. The number of nitrogen functional groups attached to an aromatic ring is 1. The number of carbonyl (C=O) groups excluding carboxylic acids is 1. The van der Waals surface area contributed by atoms with E-state index in [0.717, 1.165) is 13.0 Å². The number of nitrogens with zero attached hydrogens (tertiary/aromatic N) is 2. The molecule has 0 saturated carbocycles. The summed E-state index contributed by atoms with van der Waals surface area (Å²) in [5.41, 5.74) is 6.76. The number of anilines is 1. The van der Waals surface area contributed by atoms with E-state index in [1.807, 2.05) is 0 Å². The molecule has 2 saturated heterocycles. The zero-order valence-corrected chi connectivity index (χ0v) is 10.3. The number of pyridine rings is 1. The van der Waals surface area contributed by atoms with E-state index >= 15 is 0 Å². The first-order valence-corrected chi connectivity index (χ1v) is 6.50. The predicted octanol–water partition coefficient (Wildman–Crippen LogP) is 0.630. The molecule has 0 bridgehead atoms. The molecule has 1 aromatic rings. The van der Waals surface area contributed by atoms with Gasteiger partial charge in [0.05, 0.1) is 5.56 Å². The highest BCUT2D eigenvalue weighted by atomic mass is 16.1. The summed E-state index contributed by atoms with van der Waals surface area (Å²) in [5, 5.41) is 3.11. The van der Waals surface area contributed by atoms with Gasteiger partial charge in [-0.2, -0.15) is 0 Å². The minimum Gasteiger partial charge on any atom is -0.398 e. The fourth-order valence-corrected chi connectivity index (χ4v) is 3.09. The second kappa shape index (κ2) is 4.57. The van der Waals surface area contributed by atoms with Gasteiger partial charge in [0, 0.05) is 36.7 Å². The zero-order chi connectivity index (χ0) is 12.5. The lowest BCUT2D eigenvalue weighted by Gasteiger charge is -2.21. The quantitative estimate of drug-likeness (QED) is 0.803. The van der Waals surface area contributed by atoms with Gasteiger partial charge in [-0.1, -0.05) is 0 Å². The van der Waals surface area contributed by atoms with Gasteiger partial charge in [-0.05, 0) is 31.9 Å². The highest BCUT2D eigenvalue weighted by Crippen LogP contribution is 2.28. The Kier molecular flexibility index (Phi) is 2.91. The van der Waals surface area contributed by atoms with Crippen molar-refractivity contribution in [2.45, 2.75) is 31.3 Å². The van der Waals surface area contributed by atoms with Crippen molar-refractivity contribution >= 4 is 11.6 Å². The van der Waals surface area contributed by atoms with E-state index in [0.29, 0.717) is 17.3 Å². The summed E-state index contributed by atoms with van der Waals surface area (Å²) in [6.07, 6.45) is 6.60. The number of rotatable bonds is 2. The minimum atomic E-state index is -0.0978. The number of aromatic nitrogens is 1. The summed E-state index contributed by atoms with van der Waals surface area (Å²) in [6.45, 7) is 2.27. The largest absolute Gasteiger partial charge is 0.398 e. The molecule has 2 fully saturated rings. The molecule has 0 aromatic carbocycles. The van der Waals surface area contributed by atoms with Gasteiger partial charge in [0.2, 0.25) is 0 Å². The van der Waals surface area contributed by atoms with E-state index in [-0.39, 0.29) is 11.9 Å². The van der Waals surface area contributed by atoms with Gasteiger partial charge < -0.3 is 11.1 Å². The smallest absolute Gasteiger partial charge is 0.255 e. The van der Waals surface area contributed by atoms with Crippen LogP contribution in [0.1, 0.15) is 29.6 Å². The van der Waals surface area contributed by atoms with Gasteiger partial charge in [-0.25, -0.2) is 0 Å². The average molecular weight is 246 g/mol. The average Bonchev–Trinajstić information content (AvgIpc) is 2.94. The molecule has 5 heteroatoms. The van der Waals surface area contributed by atoms with Crippen molar-refractivity contribution in [3.05, 3.63) is 24.0 Å². The van der Waals surface area contributed by atoms with Crippen LogP contribution in [0.2, 0.25) is 0 Å². The maximum absolute atomic E-state index is 12.2. The van der Waals surface area contributed by atoms with Gasteiger partial charge in [0.25, 0.3) is 5.91 Å². The third kappa shape index (κ3) is 1.95. The van der Waals surface area contributed by atoms with Gasteiger partial charge >= 0.3 is 0 Å². The summed E-state index contributed by atoms with van der Waals surface area (Å²) < 4.78 is 0. The molecule has 2 unspecified atom stereocenters. The van der Waals surface area contributed by atoms with Crippen molar-refractivity contribution in [3.63, 3.8) is 0 Å². The highest BCUT2D eigenvalue weighted by molar-refractivity contribution is 5.98. The molecule has 96 valence electrons. The highest BCUT2D eigenvalue weighted by Gasteiger charge is 2.37. The van der Waals surface area contributed by atoms with Gasteiger partial charge in [-0.15, -0.1) is 0 Å². The first kappa shape index (κ1) is 11.5. The van der Waals surface area contributed by atoms with E-state index < -0.39 is 0 Å². The Balaban J connectivity index is 1.70. The fraction of sp³-hybridized carbons (Fsp3) is 0.538. The summed E-state index contributed by atoms with van der Waals surface area (Å²) in [6, 6.07) is 2.44. The number of fused-ring (bicyclic) bond motifs is 1. The van der Waals surface area contributed by atoms with Crippen molar-refractivity contribution in [3.8, 4) is 0 Å². The summed E-state index contributed by atoms with van der Waals surface area (Å²) in [7, 11) is 0. The zero-order valence-electron chi connectivity index (χ0n) is 10.3. The van der Waals surface area contributed by atoms with Gasteiger partial charge in [0.1, 0.15) is 0 Å². The molecule has 2 atom stereocenters. The molecule has 3 heterocycles. The molecule has 0 radical (unpaired) electrons. The second-order valence-corrected chi connectivity index (χ2v) is 5.08. The molecule has 2 aliphatic heterocycles. The maximum atomic E-state index is 12.2. The SMILES string of the molecule is Nc1ccncc1C(=O)NC1CCN2CCCC12. The van der Waals surface area contributed by atoms with Crippen LogP contribution in [-0.2, 0) is 0 Å². The van der Waals surface area contributed by atoms with Crippen LogP contribution >= 0.6 is 0 Å². The van der Waals surface area contributed by atoms with Gasteiger partial charge in [0.15, 0.2) is 0 Å². The Morgan fingerprint density at radius 3 is 3.17 bits per heavy atom. The minimum absolute atomic E-state index is 0.0978. The molecular formula is C13H18N4O. The van der Waals surface area contributed by atoms with E-state index in [2.05, 4.69) is 15.2 Å². The Morgan fingerprint density at radius 2 is 2.33 bits per heavy atom.